The van der Waals surface area contributed by atoms with Gasteiger partial charge in [0.1, 0.15) is 0 Å². The van der Waals surface area contributed by atoms with Gasteiger partial charge in [0.25, 0.3) is 0 Å². The van der Waals surface area contributed by atoms with Crippen molar-refractivity contribution in [1.82, 2.24) is 4.98 Å². The van der Waals surface area contributed by atoms with E-state index < -0.39 is 0 Å². The lowest BCUT2D eigenvalue weighted by Crippen LogP contribution is -2.20. The zero-order chi connectivity index (χ0) is 10.5. The molecule has 1 aliphatic rings. The predicted molar refractivity (Wildman–Crippen MR) is 63.8 cm³/mol. The van der Waals surface area contributed by atoms with Crippen LogP contribution in [0.3, 0.4) is 0 Å². The van der Waals surface area contributed by atoms with Crippen molar-refractivity contribution in [3.8, 4) is 0 Å². The van der Waals surface area contributed by atoms with Crippen molar-refractivity contribution < 1.29 is 0 Å². The second-order valence-corrected chi connectivity index (χ2v) is 4.75. The highest BCUT2D eigenvalue weighted by atomic mass is 14.9. The Kier molecular flexibility index (Phi) is 3.59. The van der Waals surface area contributed by atoms with Gasteiger partial charge >= 0.3 is 0 Å². The summed E-state index contributed by atoms with van der Waals surface area (Å²) in [4.78, 5) is 4.10. The van der Waals surface area contributed by atoms with E-state index in [1.54, 1.807) is 0 Å². The Hall–Kier alpha value is -1.05. The zero-order valence-corrected chi connectivity index (χ0v) is 9.45. The molecule has 0 aliphatic heterocycles. The third-order valence-corrected chi connectivity index (χ3v) is 3.39. The van der Waals surface area contributed by atoms with Crippen molar-refractivity contribution in [3.63, 3.8) is 0 Å². The van der Waals surface area contributed by atoms with E-state index in [-0.39, 0.29) is 0 Å². The van der Waals surface area contributed by atoms with Crippen LogP contribution < -0.4 is 5.32 Å². The minimum absolute atomic E-state index is 0.862. The molecule has 15 heavy (non-hydrogen) atoms. The van der Waals surface area contributed by atoms with Gasteiger partial charge < -0.3 is 5.32 Å². The summed E-state index contributed by atoms with van der Waals surface area (Å²) >= 11 is 0. The van der Waals surface area contributed by atoms with E-state index in [4.69, 9.17) is 0 Å². The topological polar surface area (TPSA) is 24.9 Å². The molecule has 0 radical (unpaired) electrons. The average molecular weight is 204 g/mol. The molecule has 1 aliphatic carbocycles. The van der Waals surface area contributed by atoms with E-state index in [1.165, 1.54) is 25.7 Å². The Morgan fingerprint density at radius 3 is 2.80 bits per heavy atom. The Morgan fingerprint density at radius 1 is 1.33 bits per heavy atom. The molecular formula is C13H20N2. The van der Waals surface area contributed by atoms with Gasteiger partial charge in [0.05, 0.1) is 5.69 Å². The molecule has 1 fully saturated rings. The maximum Gasteiger partial charge on any atom is 0.0526 e. The van der Waals surface area contributed by atoms with E-state index in [2.05, 4.69) is 23.3 Å². The van der Waals surface area contributed by atoms with Crippen LogP contribution in [0, 0.1) is 11.8 Å². The largest absolute Gasteiger partial charge is 0.384 e. The van der Waals surface area contributed by atoms with Crippen LogP contribution in [0.2, 0.25) is 0 Å². The summed E-state index contributed by atoms with van der Waals surface area (Å²) in [5.74, 6) is 1.81. The van der Waals surface area contributed by atoms with Gasteiger partial charge in [-0.2, -0.15) is 0 Å². The van der Waals surface area contributed by atoms with Crippen LogP contribution in [0.5, 0.6) is 0 Å². The van der Waals surface area contributed by atoms with Crippen molar-refractivity contribution in [2.24, 2.45) is 11.8 Å². The third kappa shape index (κ3) is 3.22. The second-order valence-electron chi connectivity index (χ2n) is 4.75. The van der Waals surface area contributed by atoms with E-state index >= 15 is 0 Å². The Balaban J connectivity index is 1.74. The summed E-state index contributed by atoms with van der Waals surface area (Å²) < 4.78 is 0. The predicted octanol–water partition coefficient (Wildman–Crippen LogP) is 3.32. The van der Waals surface area contributed by atoms with Gasteiger partial charge in [0.2, 0.25) is 0 Å². The van der Waals surface area contributed by atoms with Crippen LogP contribution in [0.15, 0.2) is 24.5 Å². The molecule has 1 N–H and O–H groups in total. The van der Waals surface area contributed by atoms with E-state index in [0.717, 1.165) is 24.1 Å². The minimum atomic E-state index is 0.862. The van der Waals surface area contributed by atoms with Gasteiger partial charge in [-0.3, -0.25) is 4.98 Å². The average Bonchev–Trinajstić information content (AvgIpc) is 2.30. The van der Waals surface area contributed by atoms with Crippen molar-refractivity contribution in [1.29, 1.82) is 0 Å². The van der Waals surface area contributed by atoms with E-state index in [1.807, 2.05) is 18.5 Å². The smallest absolute Gasteiger partial charge is 0.0526 e. The first-order valence-corrected chi connectivity index (χ1v) is 5.98. The normalized spacial score (nSPS) is 26.2. The minimum Gasteiger partial charge on any atom is -0.384 e. The molecule has 0 saturated heterocycles. The Labute approximate surface area is 92.1 Å². The van der Waals surface area contributed by atoms with Crippen LogP contribution in [0.4, 0.5) is 5.69 Å². The monoisotopic (exact) mass is 204 g/mol. The van der Waals surface area contributed by atoms with Crippen LogP contribution in [0.1, 0.15) is 32.6 Å². The van der Waals surface area contributed by atoms with Crippen molar-refractivity contribution in [2.45, 2.75) is 32.6 Å². The highest BCUT2D eigenvalue weighted by Gasteiger charge is 2.17. The standard InChI is InChI=1S/C13H20N2/c1-11-4-6-12(7-5-11)9-15-13-3-2-8-14-10-13/h2-3,8,10-12,15H,4-7,9H2,1H3/t11-,12-. The number of nitrogens with one attached hydrogen (secondary N) is 1. The molecule has 1 aromatic heterocycles. The fourth-order valence-corrected chi connectivity index (χ4v) is 2.26. The number of hydrogen-bond donors (Lipinski definition) is 1. The van der Waals surface area contributed by atoms with Crippen molar-refractivity contribution >= 4 is 5.69 Å². The first-order chi connectivity index (χ1) is 7.34. The summed E-state index contributed by atoms with van der Waals surface area (Å²) in [5.41, 5.74) is 1.15. The molecule has 0 spiro atoms. The van der Waals surface area contributed by atoms with Crippen LogP contribution in [-0.4, -0.2) is 11.5 Å². The summed E-state index contributed by atoms with van der Waals surface area (Å²) in [5, 5.41) is 3.47. The zero-order valence-electron chi connectivity index (χ0n) is 9.45. The van der Waals surface area contributed by atoms with E-state index in [0.29, 0.717) is 0 Å². The first kappa shape index (κ1) is 10.5. The highest BCUT2D eigenvalue weighted by Crippen LogP contribution is 2.28. The van der Waals surface area contributed by atoms with E-state index in [9.17, 15) is 0 Å². The number of rotatable bonds is 3. The molecule has 0 amide bonds. The quantitative estimate of drug-likeness (QED) is 0.817. The van der Waals surface area contributed by atoms with Gasteiger partial charge in [0, 0.05) is 18.9 Å². The number of hydrogen-bond acceptors (Lipinski definition) is 2. The molecule has 0 aromatic carbocycles. The van der Waals surface area contributed by atoms with Crippen LogP contribution in [0.25, 0.3) is 0 Å². The first-order valence-electron chi connectivity index (χ1n) is 5.98. The van der Waals surface area contributed by atoms with Gasteiger partial charge in [-0.05, 0) is 36.8 Å². The number of pyridine rings is 1. The lowest BCUT2D eigenvalue weighted by atomic mass is 9.83. The molecule has 0 bridgehead atoms. The van der Waals surface area contributed by atoms with Crippen LogP contribution >= 0.6 is 0 Å². The Bertz CT molecular complexity index is 276. The molecular weight excluding hydrogens is 184 g/mol. The number of aromatic nitrogens is 1. The molecule has 1 aromatic rings. The Morgan fingerprint density at radius 2 is 2.13 bits per heavy atom. The molecule has 0 atom stereocenters. The second kappa shape index (κ2) is 5.15. The summed E-state index contributed by atoms with van der Waals surface area (Å²) in [6, 6.07) is 4.06. The molecule has 2 heteroatoms. The highest BCUT2D eigenvalue weighted by molar-refractivity contribution is 5.39. The van der Waals surface area contributed by atoms with Gasteiger partial charge in [-0.15, -0.1) is 0 Å². The lowest BCUT2D eigenvalue weighted by Gasteiger charge is -2.26. The molecule has 2 nitrogen and oxygen atoms in total. The maximum atomic E-state index is 4.10. The molecule has 1 saturated carbocycles. The molecule has 0 unspecified atom stereocenters. The number of nitrogens with zero attached hydrogens (tertiary/aromatic N) is 1. The summed E-state index contributed by atoms with van der Waals surface area (Å²) in [7, 11) is 0. The van der Waals surface area contributed by atoms with Crippen molar-refractivity contribution in [3.05, 3.63) is 24.5 Å². The van der Waals surface area contributed by atoms with Gasteiger partial charge in [-0.1, -0.05) is 19.8 Å². The van der Waals surface area contributed by atoms with Crippen molar-refractivity contribution in [2.75, 3.05) is 11.9 Å². The SMILES string of the molecule is C[C@H]1CC[C@H](CNc2cccnc2)CC1. The molecule has 2 rings (SSSR count). The lowest BCUT2D eigenvalue weighted by molar-refractivity contribution is 0.300. The van der Waals surface area contributed by atoms with Crippen LogP contribution in [-0.2, 0) is 0 Å². The molecule has 82 valence electrons. The fraction of sp³-hybridized carbons (Fsp3) is 0.615. The summed E-state index contributed by atoms with van der Waals surface area (Å²) in [6.07, 6.45) is 9.28. The summed E-state index contributed by atoms with van der Waals surface area (Å²) in [6.45, 7) is 3.48. The third-order valence-electron chi connectivity index (χ3n) is 3.39. The van der Waals surface area contributed by atoms with Gasteiger partial charge in [0.15, 0.2) is 0 Å². The van der Waals surface area contributed by atoms with Gasteiger partial charge in [-0.25, -0.2) is 0 Å². The molecule has 1 heterocycles. The fourth-order valence-electron chi connectivity index (χ4n) is 2.26. The maximum absolute atomic E-state index is 4.10. The number of anilines is 1.